The summed E-state index contributed by atoms with van der Waals surface area (Å²) in [5.74, 6) is 0.0560. The number of aryl methyl sites for hydroxylation is 1. The largest absolute Gasteiger partial charge is 0.325 e. The normalized spacial score (nSPS) is 15.2. The summed E-state index contributed by atoms with van der Waals surface area (Å²) in [6, 6.07) is 11.7. The van der Waals surface area contributed by atoms with Gasteiger partial charge in [0.25, 0.3) is 0 Å². The average Bonchev–Trinajstić information content (AvgIpc) is 2.67. The maximum atomic E-state index is 13.3. The number of nitrogens with one attached hydrogen (secondary N) is 1. The summed E-state index contributed by atoms with van der Waals surface area (Å²) in [7, 11) is 0. The number of anilines is 2. The highest BCUT2D eigenvalue weighted by molar-refractivity contribution is 6.30. The van der Waals surface area contributed by atoms with Crippen molar-refractivity contribution < 1.29 is 9.59 Å². The van der Waals surface area contributed by atoms with Gasteiger partial charge in [-0.2, -0.15) is 0 Å². The molecule has 166 valence electrons. The second-order valence-electron chi connectivity index (χ2n) is 9.66. The number of hydrogen-bond acceptors (Lipinski definition) is 2. The van der Waals surface area contributed by atoms with Crippen LogP contribution < -0.4 is 10.2 Å². The third-order valence-corrected chi connectivity index (χ3v) is 6.33. The van der Waals surface area contributed by atoms with E-state index in [1.54, 1.807) is 11.0 Å². The lowest BCUT2D eigenvalue weighted by Crippen LogP contribution is -2.51. The molecule has 2 aromatic rings. The zero-order valence-corrected chi connectivity index (χ0v) is 20.1. The Kier molecular flexibility index (Phi) is 6.80. The molecule has 5 heteroatoms. The van der Waals surface area contributed by atoms with Gasteiger partial charge in [0.05, 0.1) is 0 Å². The van der Waals surface area contributed by atoms with Crippen LogP contribution in [0.15, 0.2) is 36.4 Å². The molecule has 0 radical (unpaired) electrons. The van der Waals surface area contributed by atoms with Crippen LogP contribution in [0.4, 0.5) is 11.4 Å². The van der Waals surface area contributed by atoms with Crippen molar-refractivity contribution >= 4 is 34.8 Å². The summed E-state index contributed by atoms with van der Waals surface area (Å²) in [5.41, 5.74) is 4.56. The summed E-state index contributed by atoms with van der Waals surface area (Å²) >= 11 is 6.16. The first-order chi connectivity index (χ1) is 14.5. The van der Waals surface area contributed by atoms with E-state index in [0.717, 1.165) is 40.9 Å². The molecule has 0 bridgehead atoms. The SMILES string of the molecule is CC(C)c1cccc(C(C)C)c1NC(=O)CC(=O)N1c2ccc(Cl)cc2CCC1(C)C. The maximum Gasteiger partial charge on any atom is 0.236 e. The van der Waals surface area contributed by atoms with Crippen LogP contribution in [0.1, 0.15) is 82.9 Å². The topological polar surface area (TPSA) is 49.4 Å². The Balaban J connectivity index is 1.86. The quantitative estimate of drug-likeness (QED) is 0.527. The van der Waals surface area contributed by atoms with E-state index < -0.39 is 0 Å². The van der Waals surface area contributed by atoms with Crippen molar-refractivity contribution in [1.82, 2.24) is 0 Å². The van der Waals surface area contributed by atoms with E-state index in [4.69, 9.17) is 11.6 Å². The van der Waals surface area contributed by atoms with Crippen molar-refractivity contribution in [3.05, 3.63) is 58.1 Å². The van der Waals surface area contributed by atoms with E-state index in [9.17, 15) is 9.59 Å². The van der Waals surface area contributed by atoms with E-state index >= 15 is 0 Å². The number of hydrogen-bond donors (Lipinski definition) is 1. The maximum absolute atomic E-state index is 13.3. The van der Waals surface area contributed by atoms with Gasteiger partial charge in [0.1, 0.15) is 6.42 Å². The Labute approximate surface area is 191 Å². The number of nitrogens with zero attached hydrogens (tertiary/aromatic N) is 1. The van der Waals surface area contributed by atoms with Crippen LogP contribution in [-0.2, 0) is 16.0 Å². The number of fused-ring (bicyclic) bond motifs is 1. The molecule has 2 aromatic carbocycles. The fourth-order valence-corrected chi connectivity index (χ4v) is 4.61. The Morgan fingerprint density at radius 2 is 1.68 bits per heavy atom. The lowest BCUT2D eigenvalue weighted by molar-refractivity contribution is -0.125. The number of benzene rings is 2. The third kappa shape index (κ3) is 4.95. The minimum absolute atomic E-state index is 0.195. The Morgan fingerprint density at radius 3 is 2.26 bits per heavy atom. The van der Waals surface area contributed by atoms with Crippen LogP contribution in [-0.4, -0.2) is 17.4 Å². The van der Waals surface area contributed by atoms with Gasteiger partial charge in [-0.15, -0.1) is 0 Å². The first-order valence-corrected chi connectivity index (χ1v) is 11.4. The summed E-state index contributed by atoms with van der Waals surface area (Å²) < 4.78 is 0. The molecule has 1 N–H and O–H groups in total. The van der Waals surface area contributed by atoms with Gasteiger partial charge in [-0.05, 0) is 73.4 Å². The van der Waals surface area contributed by atoms with Gasteiger partial charge in [0.15, 0.2) is 0 Å². The molecule has 0 spiro atoms. The molecule has 3 rings (SSSR count). The summed E-state index contributed by atoms with van der Waals surface area (Å²) in [6.45, 7) is 12.5. The molecular weight excluding hydrogens is 408 g/mol. The fourth-order valence-electron chi connectivity index (χ4n) is 4.42. The summed E-state index contributed by atoms with van der Waals surface area (Å²) in [4.78, 5) is 28.1. The van der Waals surface area contributed by atoms with Gasteiger partial charge >= 0.3 is 0 Å². The summed E-state index contributed by atoms with van der Waals surface area (Å²) in [5, 5.41) is 3.73. The standard InChI is InChI=1S/C26H33ClN2O2/c1-16(2)20-8-7-9-21(17(3)4)25(20)28-23(30)15-24(31)29-22-11-10-19(27)14-18(22)12-13-26(29,5)6/h7-11,14,16-17H,12-13,15H2,1-6H3,(H,28,30). The molecule has 4 nitrogen and oxygen atoms in total. The Morgan fingerprint density at radius 1 is 1.06 bits per heavy atom. The summed E-state index contributed by atoms with van der Waals surface area (Å²) in [6.07, 6.45) is 1.48. The van der Waals surface area contributed by atoms with Crippen molar-refractivity contribution in [2.24, 2.45) is 0 Å². The minimum atomic E-state index is -0.364. The molecule has 0 unspecified atom stereocenters. The van der Waals surface area contributed by atoms with Crippen molar-refractivity contribution in [3.8, 4) is 0 Å². The smallest absolute Gasteiger partial charge is 0.236 e. The van der Waals surface area contributed by atoms with Crippen LogP contribution in [0.3, 0.4) is 0 Å². The number of carbonyl (C=O) groups excluding carboxylic acids is 2. The molecule has 0 aromatic heterocycles. The van der Waals surface area contributed by atoms with Crippen LogP contribution in [0, 0.1) is 0 Å². The molecule has 0 fully saturated rings. The first-order valence-electron chi connectivity index (χ1n) is 11.1. The predicted molar refractivity (Wildman–Crippen MR) is 129 cm³/mol. The Bertz CT molecular complexity index is 969. The molecule has 0 saturated heterocycles. The highest BCUT2D eigenvalue weighted by atomic mass is 35.5. The van der Waals surface area contributed by atoms with Crippen LogP contribution >= 0.6 is 11.6 Å². The first kappa shape index (κ1) is 23.3. The zero-order chi connectivity index (χ0) is 22.9. The number of carbonyl (C=O) groups is 2. The molecule has 2 amide bonds. The molecule has 1 heterocycles. The van der Waals surface area contributed by atoms with Crippen molar-refractivity contribution in [1.29, 1.82) is 0 Å². The number of halogens is 1. The van der Waals surface area contributed by atoms with E-state index in [1.165, 1.54) is 0 Å². The van der Waals surface area contributed by atoms with Crippen LogP contribution in [0.25, 0.3) is 0 Å². The number of amides is 2. The van der Waals surface area contributed by atoms with Gasteiger partial charge in [-0.25, -0.2) is 0 Å². The third-order valence-electron chi connectivity index (χ3n) is 6.09. The molecule has 31 heavy (non-hydrogen) atoms. The van der Waals surface area contributed by atoms with Gasteiger partial charge in [0, 0.05) is 21.9 Å². The van der Waals surface area contributed by atoms with Gasteiger partial charge in [0.2, 0.25) is 11.8 Å². The molecule has 1 aliphatic rings. The van der Waals surface area contributed by atoms with Gasteiger partial charge < -0.3 is 10.2 Å². The molecule has 0 saturated carbocycles. The van der Waals surface area contributed by atoms with Crippen molar-refractivity contribution in [2.75, 3.05) is 10.2 Å². The predicted octanol–water partition coefficient (Wildman–Crippen LogP) is 6.67. The highest BCUT2D eigenvalue weighted by Crippen LogP contribution is 2.38. The van der Waals surface area contributed by atoms with Gasteiger partial charge in [-0.3, -0.25) is 9.59 Å². The Hall–Kier alpha value is -2.33. The number of para-hydroxylation sites is 1. The number of rotatable bonds is 5. The van der Waals surface area contributed by atoms with Crippen molar-refractivity contribution in [3.63, 3.8) is 0 Å². The molecular formula is C26H33ClN2O2. The second kappa shape index (κ2) is 9.04. The monoisotopic (exact) mass is 440 g/mol. The van der Waals surface area contributed by atoms with E-state index in [-0.39, 0.29) is 35.6 Å². The highest BCUT2D eigenvalue weighted by Gasteiger charge is 2.37. The molecule has 0 aliphatic carbocycles. The van der Waals surface area contributed by atoms with E-state index in [1.807, 2.05) is 44.2 Å². The van der Waals surface area contributed by atoms with Crippen LogP contribution in [0.5, 0.6) is 0 Å². The van der Waals surface area contributed by atoms with Crippen LogP contribution in [0.2, 0.25) is 5.02 Å². The van der Waals surface area contributed by atoms with Gasteiger partial charge in [-0.1, -0.05) is 57.5 Å². The van der Waals surface area contributed by atoms with Crippen molar-refractivity contribution in [2.45, 2.75) is 78.2 Å². The lowest BCUT2D eigenvalue weighted by Gasteiger charge is -2.43. The fraction of sp³-hybridized carbons (Fsp3) is 0.462. The van der Waals surface area contributed by atoms with E-state index in [2.05, 4.69) is 33.0 Å². The second-order valence-corrected chi connectivity index (χ2v) is 10.1. The average molecular weight is 441 g/mol. The zero-order valence-electron chi connectivity index (χ0n) is 19.4. The van der Waals surface area contributed by atoms with E-state index in [0.29, 0.717) is 5.02 Å². The molecule has 1 aliphatic heterocycles. The lowest BCUT2D eigenvalue weighted by atomic mass is 9.86. The molecule has 0 atom stereocenters. The minimum Gasteiger partial charge on any atom is -0.325 e.